The first kappa shape index (κ1) is 30.2. The fraction of sp³-hybridized carbons (Fsp3) is 0.250. The van der Waals surface area contributed by atoms with Gasteiger partial charge in [-0.3, -0.25) is 0 Å². The van der Waals surface area contributed by atoms with Gasteiger partial charge in [0.15, 0.2) is 71.5 Å². The van der Waals surface area contributed by atoms with Crippen LogP contribution in [0.4, 0.5) is 0 Å². The highest BCUT2D eigenvalue weighted by molar-refractivity contribution is 5.93. The quantitative estimate of drug-likeness (QED) is 0.205. The SMILES string of the molecule is COc1ccc2cc3[n+](cc2c1OC)CCc1cc2c(cc1-3)OCO2.COc1ccc2cc3[n+](cc2c1OC)CCc1cc2c(cc1-3)OCO2. The minimum absolute atomic E-state index is 0.299. The van der Waals surface area contributed by atoms with Gasteiger partial charge in [0.05, 0.1) is 50.3 Å². The summed E-state index contributed by atoms with van der Waals surface area (Å²) in [6.45, 7) is 2.43. The molecule has 4 aliphatic rings. The maximum Gasteiger partial charge on any atom is 0.231 e. The lowest BCUT2D eigenvalue weighted by Gasteiger charge is -2.17. The number of hydrogen-bond acceptors (Lipinski definition) is 8. The molecule has 0 unspecified atom stereocenters. The number of aryl methyl sites for hydroxylation is 4. The van der Waals surface area contributed by atoms with E-state index in [1.54, 1.807) is 28.4 Å². The molecule has 0 amide bonds. The molecule has 6 heterocycles. The van der Waals surface area contributed by atoms with Gasteiger partial charge < -0.3 is 37.9 Å². The monoisotopic (exact) mass is 672 g/mol. The lowest BCUT2D eigenvalue weighted by atomic mass is 9.95. The molecule has 10 heteroatoms. The first-order valence-corrected chi connectivity index (χ1v) is 16.6. The third-order valence-electron chi connectivity index (χ3n) is 10.0. The van der Waals surface area contributed by atoms with Gasteiger partial charge >= 0.3 is 0 Å². The van der Waals surface area contributed by atoms with E-state index in [0.29, 0.717) is 13.6 Å². The number of pyridine rings is 2. The van der Waals surface area contributed by atoms with E-state index in [-0.39, 0.29) is 0 Å². The third-order valence-corrected chi connectivity index (χ3v) is 10.0. The summed E-state index contributed by atoms with van der Waals surface area (Å²) >= 11 is 0. The van der Waals surface area contributed by atoms with Crippen LogP contribution < -0.4 is 47.0 Å². The average Bonchev–Trinajstić information content (AvgIpc) is 3.82. The molecule has 4 aliphatic heterocycles. The normalized spacial score (nSPS) is 14.2. The van der Waals surface area contributed by atoms with E-state index in [0.717, 1.165) is 93.5 Å². The molecule has 0 N–H and O–H groups in total. The number of fused-ring (bicyclic) bond motifs is 10. The predicted octanol–water partition coefficient (Wildman–Crippen LogP) is 6.19. The van der Waals surface area contributed by atoms with Gasteiger partial charge in [0.2, 0.25) is 25.0 Å². The Morgan fingerprint density at radius 3 is 1.32 bits per heavy atom. The van der Waals surface area contributed by atoms with E-state index < -0.39 is 0 Å². The molecule has 0 spiro atoms. The molecular weight excluding hydrogens is 636 g/mol. The van der Waals surface area contributed by atoms with Crippen molar-refractivity contribution in [3.8, 4) is 68.5 Å². The molecule has 252 valence electrons. The number of methoxy groups -OCH3 is 4. The summed E-state index contributed by atoms with van der Waals surface area (Å²) in [7, 11) is 6.68. The highest BCUT2D eigenvalue weighted by Crippen LogP contribution is 2.43. The van der Waals surface area contributed by atoms with Gasteiger partial charge in [-0.1, -0.05) is 0 Å². The number of nitrogens with zero attached hydrogens (tertiary/aromatic N) is 2. The fourth-order valence-corrected chi connectivity index (χ4v) is 7.54. The second-order valence-corrected chi connectivity index (χ2v) is 12.5. The first-order chi connectivity index (χ1) is 24.6. The van der Waals surface area contributed by atoms with Crippen molar-refractivity contribution in [2.45, 2.75) is 25.9 Å². The van der Waals surface area contributed by atoms with Crippen molar-refractivity contribution in [2.24, 2.45) is 0 Å². The Hall–Kier alpha value is -5.90. The zero-order valence-electron chi connectivity index (χ0n) is 28.3. The summed E-state index contributed by atoms with van der Waals surface area (Å²) in [6, 6.07) is 20.8. The van der Waals surface area contributed by atoms with Gasteiger partial charge in [-0.05, 0) is 70.4 Å². The van der Waals surface area contributed by atoms with Gasteiger partial charge in [0, 0.05) is 25.0 Å². The Morgan fingerprint density at radius 2 is 0.920 bits per heavy atom. The second-order valence-electron chi connectivity index (χ2n) is 12.5. The number of hydrogen-bond donors (Lipinski definition) is 0. The van der Waals surface area contributed by atoms with Gasteiger partial charge in [-0.2, -0.15) is 9.13 Å². The molecule has 0 aliphatic carbocycles. The van der Waals surface area contributed by atoms with Crippen LogP contribution in [0.1, 0.15) is 11.1 Å². The van der Waals surface area contributed by atoms with Crippen LogP contribution in [0.25, 0.3) is 44.1 Å². The lowest BCUT2D eigenvalue weighted by molar-refractivity contribution is -0.686. The number of rotatable bonds is 4. The van der Waals surface area contributed by atoms with Crippen molar-refractivity contribution in [2.75, 3.05) is 42.0 Å². The van der Waals surface area contributed by atoms with Crippen LogP contribution in [0.15, 0.2) is 73.1 Å². The highest BCUT2D eigenvalue weighted by atomic mass is 16.7. The van der Waals surface area contributed by atoms with E-state index in [1.165, 1.54) is 33.6 Å². The Bertz CT molecular complexity index is 2190. The summed E-state index contributed by atoms with van der Waals surface area (Å²) in [5.41, 5.74) is 7.35. The molecule has 2 aromatic heterocycles. The van der Waals surface area contributed by atoms with Crippen molar-refractivity contribution >= 4 is 21.5 Å². The molecule has 0 bridgehead atoms. The molecule has 10 nitrogen and oxygen atoms in total. The van der Waals surface area contributed by atoms with E-state index in [9.17, 15) is 0 Å². The number of aromatic nitrogens is 2. The summed E-state index contributed by atoms with van der Waals surface area (Å²) < 4.78 is 48.8. The molecule has 0 saturated heterocycles. The number of benzene rings is 4. The van der Waals surface area contributed by atoms with Gasteiger partial charge in [-0.25, -0.2) is 0 Å². The molecule has 0 fully saturated rings. The smallest absolute Gasteiger partial charge is 0.231 e. The maximum atomic E-state index is 5.60. The first-order valence-electron chi connectivity index (χ1n) is 16.6. The topological polar surface area (TPSA) is 81.6 Å². The fourth-order valence-electron chi connectivity index (χ4n) is 7.54. The predicted molar refractivity (Wildman–Crippen MR) is 185 cm³/mol. The van der Waals surface area contributed by atoms with Crippen LogP contribution in [0.2, 0.25) is 0 Å². The minimum Gasteiger partial charge on any atom is -0.493 e. The van der Waals surface area contributed by atoms with Crippen molar-refractivity contribution in [1.82, 2.24) is 0 Å². The Balaban J connectivity index is 0.000000135. The largest absolute Gasteiger partial charge is 0.493 e. The second kappa shape index (κ2) is 11.9. The summed E-state index contributed by atoms with van der Waals surface area (Å²) in [5, 5.41) is 4.34. The lowest BCUT2D eigenvalue weighted by Crippen LogP contribution is -2.40. The molecule has 0 saturated carbocycles. The van der Waals surface area contributed by atoms with Crippen LogP contribution in [-0.4, -0.2) is 42.0 Å². The Labute approximate surface area is 288 Å². The van der Waals surface area contributed by atoms with Gasteiger partial charge in [-0.15, -0.1) is 0 Å². The summed E-state index contributed by atoms with van der Waals surface area (Å²) in [5.74, 6) is 6.36. The zero-order valence-corrected chi connectivity index (χ0v) is 28.3. The molecule has 0 radical (unpaired) electrons. The summed E-state index contributed by atoms with van der Waals surface area (Å²) in [4.78, 5) is 0. The third kappa shape index (κ3) is 4.77. The summed E-state index contributed by atoms with van der Waals surface area (Å²) in [6.07, 6.45) is 6.22. The van der Waals surface area contributed by atoms with Crippen LogP contribution in [0.5, 0.6) is 46.0 Å². The maximum absolute atomic E-state index is 5.60. The molecule has 0 atom stereocenters. The van der Waals surface area contributed by atoms with E-state index in [2.05, 4.69) is 70.1 Å². The molecule has 4 aromatic carbocycles. The molecule has 6 aromatic rings. The van der Waals surface area contributed by atoms with Crippen molar-refractivity contribution in [1.29, 1.82) is 0 Å². The molecule has 10 rings (SSSR count). The minimum atomic E-state index is 0.299. The van der Waals surface area contributed by atoms with Gasteiger partial charge in [0.1, 0.15) is 0 Å². The van der Waals surface area contributed by atoms with E-state index >= 15 is 0 Å². The average molecular weight is 673 g/mol. The van der Waals surface area contributed by atoms with Crippen molar-refractivity contribution in [3.05, 3.63) is 84.2 Å². The Morgan fingerprint density at radius 1 is 0.500 bits per heavy atom. The van der Waals surface area contributed by atoms with Gasteiger partial charge in [0.25, 0.3) is 0 Å². The van der Waals surface area contributed by atoms with E-state index in [1.807, 2.05) is 12.1 Å². The molecule has 50 heavy (non-hydrogen) atoms. The standard InChI is InChI=1S/2C20H18NO4/c2*1-22-17-4-3-12-7-16-14-9-19-18(24-11-25-19)8-13(14)5-6-21(16)10-15(12)20(17)23-2/h2*3-4,7-10H,5-6,11H2,1-2H3/q2*+1. The van der Waals surface area contributed by atoms with Crippen LogP contribution >= 0.6 is 0 Å². The number of ether oxygens (including phenoxy) is 8. The zero-order chi connectivity index (χ0) is 33.9. The Kier molecular flexibility index (Phi) is 7.19. The van der Waals surface area contributed by atoms with Crippen LogP contribution in [0.3, 0.4) is 0 Å². The van der Waals surface area contributed by atoms with E-state index in [4.69, 9.17) is 37.9 Å². The van der Waals surface area contributed by atoms with Crippen molar-refractivity contribution < 1.29 is 47.0 Å². The van der Waals surface area contributed by atoms with Crippen LogP contribution in [-0.2, 0) is 25.9 Å². The van der Waals surface area contributed by atoms with Crippen molar-refractivity contribution in [3.63, 3.8) is 0 Å². The molecular formula is C40H36N2O8+2. The van der Waals surface area contributed by atoms with Crippen LogP contribution in [0, 0.1) is 0 Å². The highest BCUT2D eigenvalue weighted by Gasteiger charge is 2.30.